The molecule has 0 aromatic carbocycles. The van der Waals surface area contributed by atoms with Crippen LogP contribution in [-0.2, 0) is 14.3 Å². The summed E-state index contributed by atoms with van der Waals surface area (Å²) in [5, 5.41) is 23.3. The van der Waals surface area contributed by atoms with Crippen molar-refractivity contribution >= 4 is 11.9 Å². The summed E-state index contributed by atoms with van der Waals surface area (Å²) in [6.45, 7) is 4.94. The third-order valence-corrected chi connectivity index (χ3v) is 18.9. The van der Waals surface area contributed by atoms with Crippen molar-refractivity contribution in [2.45, 2.75) is 463 Å². The number of allylic oxidation sites excluding steroid dienone is 5. The van der Waals surface area contributed by atoms with Crippen LogP contribution in [0.15, 0.2) is 36.5 Å². The fraction of sp³-hybridized carbons (Fsp3) is 0.902. The lowest BCUT2D eigenvalue weighted by Gasteiger charge is -2.20. The summed E-state index contributed by atoms with van der Waals surface area (Å²) in [6, 6.07) is -0.626. The highest BCUT2D eigenvalue weighted by Crippen LogP contribution is 2.20. The molecule has 0 fully saturated rings. The largest absolute Gasteiger partial charge is 0.466 e. The van der Waals surface area contributed by atoms with Gasteiger partial charge in [0.05, 0.1) is 25.4 Å². The van der Waals surface area contributed by atoms with Crippen molar-refractivity contribution in [3.8, 4) is 0 Å². The number of carbonyl (C=O) groups is 2. The third-order valence-electron chi connectivity index (χ3n) is 18.9. The Morgan fingerprint density at radius 3 is 0.807 bits per heavy atom. The van der Waals surface area contributed by atoms with E-state index in [0.29, 0.717) is 19.4 Å². The van der Waals surface area contributed by atoms with Crippen LogP contribution in [-0.4, -0.2) is 47.4 Å². The molecule has 88 heavy (non-hydrogen) atoms. The van der Waals surface area contributed by atoms with Gasteiger partial charge < -0.3 is 20.3 Å². The topological polar surface area (TPSA) is 95.9 Å². The maximum atomic E-state index is 12.5. The summed E-state index contributed by atoms with van der Waals surface area (Å²) in [5.41, 5.74) is 0. The molecule has 0 heterocycles. The normalized spacial score (nSPS) is 12.6. The lowest BCUT2D eigenvalue weighted by molar-refractivity contribution is -0.143. The monoisotopic (exact) mass is 1240 g/mol. The van der Waals surface area contributed by atoms with Crippen molar-refractivity contribution in [2.75, 3.05) is 13.2 Å². The Labute approximate surface area is 551 Å². The van der Waals surface area contributed by atoms with Gasteiger partial charge in [-0.1, -0.05) is 391 Å². The molecule has 2 atom stereocenters. The van der Waals surface area contributed by atoms with Crippen LogP contribution in [0.3, 0.4) is 0 Å². The second-order valence-corrected chi connectivity index (χ2v) is 27.7. The van der Waals surface area contributed by atoms with Crippen LogP contribution in [0.25, 0.3) is 0 Å². The smallest absolute Gasteiger partial charge is 0.305 e. The minimum Gasteiger partial charge on any atom is -0.466 e. The Morgan fingerprint density at radius 1 is 0.307 bits per heavy atom. The Kier molecular flexibility index (Phi) is 75.8. The highest BCUT2D eigenvalue weighted by Gasteiger charge is 2.18. The molecule has 0 aliphatic rings. The van der Waals surface area contributed by atoms with E-state index in [4.69, 9.17) is 4.74 Å². The molecular formula is C82H157NO5. The van der Waals surface area contributed by atoms with Crippen molar-refractivity contribution in [3.63, 3.8) is 0 Å². The third kappa shape index (κ3) is 73.1. The highest BCUT2D eigenvalue weighted by atomic mass is 16.5. The predicted octanol–water partition coefficient (Wildman–Crippen LogP) is 26.6. The molecule has 6 nitrogen and oxygen atoms in total. The standard InChI is InChI=1S/C82H157NO5/c1-3-5-7-9-11-13-15-17-19-20-40-43-47-50-54-58-62-66-70-74-80(85)79(78-84)83-81(86)75-71-67-63-59-55-51-48-44-41-38-36-34-32-30-28-26-24-22-21-23-25-27-29-31-33-35-37-39-42-45-49-53-57-61-65-69-73-77-88-82(87)76-72-68-64-60-56-52-46-18-16-14-12-10-8-6-4-2/h18,21,23,46,70,74,79-80,84-85H,3-17,19-20,22,24-45,47-69,71-73,75-78H2,1-2H3,(H,83,86)/b23-21-,46-18-,74-70+. The number of rotatable bonds is 76. The number of hydrogen-bond acceptors (Lipinski definition) is 5. The van der Waals surface area contributed by atoms with Gasteiger partial charge in [0.25, 0.3) is 0 Å². The summed E-state index contributed by atoms with van der Waals surface area (Å²) in [6.07, 6.45) is 101. The average Bonchev–Trinajstić information content (AvgIpc) is 3.60. The summed E-state index contributed by atoms with van der Waals surface area (Å²) in [5.74, 6) is -0.0459. The van der Waals surface area contributed by atoms with E-state index in [-0.39, 0.29) is 18.5 Å². The first kappa shape index (κ1) is 86.1. The van der Waals surface area contributed by atoms with E-state index in [2.05, 4.69) is 43.5 Å². The number of amides is 1. The van der Waals surface area contributed by atoms with Crippen molar-refractivity contribution in [3.05, 3.63) is 36.5 Å². The van der Waals surface area contributed by atoms with Gasteiger partial charge in [0.15, 0.2) is 0 Å². The zero-order chi connectivity index (χ0) is 63.5. The molecule has 6 heteroatoms. The molecule has 0 aromatic rings. The van der Waals surface area contributed by atoms with E-state index < -0.39 is 12.1 Å². The summed E-state index contributed by atoms with van der Waals surface area (Å²) in [4.78, 5) is 24.6. The highest BCUT2D eigenvalue weighted by molar-refractivity contribution is 5.76. The van der Waals surface area contributed by atoms with Crippen LogP contribution in [0.1, 0.15) is 450 Å². The predicted molar refractivity (Wildman–Crippen MR) is 389 cm³/mol. The quantitative estimate of drug-likeness (QED) is 0.0320. The lowest BCUT2D eigenvalue weighted by atomic mass is 10.0. The molecule has 0 saturated heterocycles. The fourth-order valence-electron chi connectivity index (χ4n) is 12.7. The van der Waals surface area contributed by atoms with Gasteiger partial charge in [-0.25, -0.2) is 0 Å². The number of aliphatic hydroxyl groups excluding tert-OH is 2. The molecule has 2 unspecified atom stereocenters. The number of nitrogens with one attached hydrogen (secondary N) is 1. The van der Waals surface area contributed by atoms with Crippen LogP contribution < -0.4 is 5.32 Å². The van der Waals surface area contributed by atoms with E-state index in [1.807, 2.05) is 6.08 Å². The van der Waals surface area contributed by atoms with E-state index in [1.165, 1.54) is 379 Å². The fourth-order valence-corrected chi connectivity index (χ4v) is 12.7. The molecule has 520 valence electrons. The minimum absolute atomic E-state index is 0.0140. The molecule has 0 rings (SSSR count). The number of ether oxygens (including phenoxy) is 1. The van der Waals surface area contributed by atoms with E-state index >= 15 is 0 Å². The van der Waals surface area contributed by atoms with Gasteiger partial charge in [-0.15, -0.1) is 0 Å². The van der Waals surface area contributed by atoms with Crippen LogP contribution >= 0.6 is 0 Å². The zero-order valence-corrected chi connectivity index (χ0v) is 59.7. The average molecular weight is 1240 g/mol. The molecule has 0 aliphatic heterocycles. The summed E-state index contributed by atoms with van der Waals surface area (Å²) < 4.78 is 5.50. The van der Waals surface area contributed by atoms with Crippen molar-refractivity contribution in [1.29, 1.82) is 0 Å². The van der Waals surface area contributed by atoms with Gasteiger partial charge in [0, 0.05) is 12.8 Å². The zero-order valence-electron chi connectivity index (χ0n) is 59.7. The van der Waals surface area contributed by atoms with Crippen molar-refractivity contribution in [2.24, 2.45) is 0 Å². The number of esters is 1. The van der Waals surface area contributed by atoms with Gasteiger partial charge in [-0.3, -0.25) is 9.59 Å². The SMILES string of the molecule is CCCCCCCC/C=C\CCCCCCCC(=O)OCCCCCCCCCCCCCCCCCC/C=C\CCCCCCCCCCCCCCCCCCCC(=O)NC(CO)C(O)/C=C/CCCCCCCCCCCCCCCCCCC. The molecule has 0 radical (unpaired) electrons. The van der Waals surface area contributed by atoms with Crippen LogP contribution in [0.5, 0.6) is 0 Å². The first-order chi connectivity index (χ1) is 43.5. The molecule has 0 aliphatic carbocycles. The molecule has 0 bridgehead atoms. The van der Waals surface area contributed by atoms with Gasteiger partial charge in [0.1, 0.15) is 0 Å². The maximum absolute atomic E-state index is 12.5. The number of aliphatic hydroxyl groups is 2. The van der Waals surface area contributed by atoms with Gasteiger partial charge >= 0.3 is 5.97 Å². The van der Waals surface area contributed by atoms with Crippen LogP contribution in [0, 0.1) is 0 Å². The van der Waals surface area contributed by atoms with Gasteiger partial charge in [0.2, 0.25) is 5.91 Å². The molecule has 0 aromatic heterocycles. The van der Waals surface area contributed by atoms with Crippen LogP contribution in [0.2, 0.25) is 0 Å². The second-order valence-electron chi connectivity index (χ2n) is 27.7. The molecular weight excluding hydrogens is 1080 g/mol. The Morgan fingerprint density at radius 2 is 0.534 bits per heavy atom. The van der Waals surface area contributed by atoms with E-state index in [1.54, 1.807) is 6.08 Å². The minimum atomic E-state index is -0.842. The molecule has 0 spiro atoms. The number of carbonyl (C=O) groups excluding carboxylic acids is 2. The van der Waals surface area contributed by atoms with Crippen LogP contribution in [0.4, 0.5) is 0 Å². The van der Waals surface area contributed by atoms with Crippen molar-refractivity contribution < 1.29 is 24.5 Å². The maximum Gasteiger partial charge on any atom is 0.305 e. The van der Waals surface area contributed by atoms with E-state index in [9.17, 15) is 19.8 Å². The molecule has 0 saturated carbocycles. The summed E-state index contributed by atoms with van der Waals surface area (Å²) in [7, 11) is 0. The summed E-state index contributed by atoms with van der Waals surface area (Å²) >= 11 is 0. The number of unbranched alkanes of at least 4 members (excludes halogenated alkanes) is 61. The first-order valence-electron chi connectivity index (χ1n) is 40.3. The van der Waals surface area contributed by atoms with Gasteiger partial charge in [-0.2, -0.15) is 0 Å². The van der Waals surface area contributed by atoms with Crippen molar-refractivity contribution in [1.82, 2.24) is 5.32 Å². The first-order valence-corrected chi connectivity index (χ1v) is 40.3. The Hall–Kier alpha value is -1.92. The Bertz CT molecular complexity index is 1430. The van der Waals surface area contributed by atoms with Gasteiger partial charge in [-0.05, 0) is 83.5 Å². The number of hydrogen-bond donors (Lipinski definition) is 3. The second kappa shape index (κ2) is 77.5. The molecule has 1 amide bonds. The Balaban J connectivity index is 3.35. The lowest BCUT2D eigenvalue weighted by Crippen LogP contribution is -2.45. The van der Waals surface area contributed by atoms with E-state index in [0.717, 1.165) is 44.9 Å². The molecule has 3 N–H and O–H groups in total.